The predicted molar refractivity (Wildman–Crippen MR) is 90.8 cm³/mol. The molecule has 5 fully saturated rings. The normalized spacial score (nSPS) is 49.3. The summed E-state index contributed by atoms with van der Waals surface area (Å²) < 4.78 is 0. The number of hydrogen-bond acceptors (Lipinski definition) is 2. The summed E-state index contributed by atoms with van der Waals surface area (Å²) in [5.41, 5.74) is 6.64. The lowest BCUT2D eigenvalue weighted by molar-refractivity contribution is -0.178. The van der Waals surface area contributed by atoms with Gasteiger partial charge in [0, 0.05) is 13.1 Å². The monoisotopic (exact) mass is 326 g/mol. The lowest BCUT2D eigenvalue weighted by Gasteiger charge is -2.65. The van der Waals surface area contributed by atoms with Gasteiger partial charge in [-0.15, -0.1) is 12.4 Å². The Morgan fingerprint density at radius 1 is 1.14 bits per heavy atom. The molecule has 22 heavy (non-hydrogen) atoms. The number of rotatable bonds is 2. The highest BCUT2D eigenvalue weighted by Crippen LogP contribution is 2.69. The van der Waals surface area contributed by atoms with Crippen molar-refractivity contribution in [3.05, 3.63) is 0 Å². The first kappa shape index (κ1) is 16.6. The number of carbonyl (C=O) groups is 1. The number of likely N-dealkylation sites (tertiary alicyclic amines) is 1. The van der Waals surface area contributed by atoms with Gasteiger partial charge in [-0.2, -0.15) is 0 Å². The molecule has 3 atom stereocenters. The summed E-state index contributed by atoms with van der Waals surface area (Å²) in [6.07, 6.45) is 8.64. The van der Waals surface area contributed by atoms with Crippen LogP contribution in [-0.2, 0) is 4.79 Å². The molecular formula is C18H31ClN2O. The molecule has 0 aromatic rings. The van der Waals surface area contributed by atoms with Crippen molar-refractivity contribution in [3.63, 3.8) is 0 Å². The quantitative estimate of drug-likeness (QED) is 0.847. The number of carbonyl (C=O) groups excluding carboxylic acids is 1. The van der Waals surface area contributed by atoms with Gasteiger partial charge in [-0.25, -0.2) is 0 Å². The molecule has 3 nitrogen and oxygen atoms in total. The van der Waals surface area contributed by atoms with E-state index in [1.807, 2.05) is 0 Å². The van der Waals surface area contributed by atoms with Gasteiger partial charge >= 0.3 is 0 Å². The van der Waals surface area contributed by atoms with Gasteiger partial charge in [0.05, 0.1) is 5.41 Å². The molecule has 0 spiro atoms. The fourth-order valence-corrected chi connectivity index (χ4v) is 7.23. The number of halogens is 1. The summed E-state index contributed by atoms with van der Waals surface area (Å²) in [6.45, 7) is 7.49. The van der Waals surface area contributed by atoms with Crippen LogP contribution in [-0.4, -0.2) is 30.4 Å². The van der Waals surface area contributed by atoms with Crippen LogP contribution in [0.5, 0.6) is 0 Å². The molecule has 0 aromatic heterocycles. The number of nitrogens with zero attached hydrogens (tertiary/aromatic N) is 1. The first-order valence-corrected chi connectivity index (χ1v) is 8.85. The van der Waals surface area contributed by atoms with Crippen LogP contribution in [0.15, 0.2) is 0 Å². The van der Waals surface area contributed by atoms with Crippen LogP contribution in [0.2, 0.25) is 0 Å². The fourth-order valence-electron chi connectivity index (χ4n) is 7.23. The van der Waals surface area contributed by atoms with Gasteiger partial charge in [0.25, 0.3) is 0 Å². The van der Waals surface area contributed by atoms with E-state index in [2.05, 4.69) is 18.7 Å². The van der Waals surface area contributed by atoms with E-state index in [0.717, 1.165) is 44.8 Å². The third-order valence-electron chi connectivity index (χ3n) is 6.99. The van der Waals surface area contributed by atoms with Crippen molar-refractivity contribution in [1.82, 2.24) is 4.90 Å². The molecular weight excluding hydrogens is 296 g/mol. The van der Waals surface area contributed by atoms with Gasteiger partial charge in [0.15, 0.2) is 0 Å². The third-order valence-corrected chi connectivity index (χ3v) is 6.99. The Hall–Kier alpha value is -0.280. The maximum Gasteiger partial charge on any atom is 0.228 e. The summed E-state index contributed by atoms with van der Waals surface area (Å²) >= 11 is 0. The van der Waals surface area contributed by atoms with Crippen LogP contribution in [0, 0.1) is 28.1 Å². The standard InChI is InChI=1S/C18H30N2O.ClH/c1-16-5-14-6-17(2,10-16)12-18(7-14,11-16)15(21)20-4-3-13(8-19)9-20;/h13-14H,3-12,19H2,1-2H3;1H. The maximum atomic E-state index is 13.3. The smallest absolute Gasteiger partial charge is 0.228 e. The molecule has 4 saturated carbocycles. The van der Waals surface area contributed by atoms with Gasteiger partial charge in [0.2, 0.25) is 5.91 Å². The Labute approximate surface area is 140 Å². The molecule has 1 saturated heterocycles. The lowest BCUT2D eigenvalue weighted by Crippen LogP contribution is -2.60. The lowest BCUT2D eigenvalue weighted by atomic mass is 9.40. The van der Waals surface area contributed by atoms with Crippen LogP contribution in [0.4, 0.5) is 0 Å². The highest BCUT2D eigenvalue weighted by molar-refractivity contribution is 5.85. The number of nitrogens with two attached hydrogens (primary N) is 1. The number of hydrogen-bond donors (Lipinski definition) is 1. The second-order valence-electron chi connectivity index (χ2n) is 9.55. The molecule has 4 bridgehead atoms. The highest BCUT2D eigenvalue weighted by atomic mass is 35.5. The van der Waals surface area contributed by atoms with Crippen molar-refractivity contribution in [2.75, 3.05) is 19.6 Å². The molecule has 0 radical (unpaired) electrons. The Morgan fingerprint density at radius 2 is 1.77 bits per heavy atom. The van der Waals surface area contributed by atoms with E-state index in [4.69, 9.17) is 5.73 Å². The molecule has 126 valence electrons. The number of amides is 1. The Morgan fingerprint density at radius 3 is 2.27 bits per heavy atom. The summed E-state index contributed by atoms with van der Waals surface area (Å²) in [4.78, 5) is 15.5. The minimum Gasteiger partial charge on any atom is -0.342 e. The first-order valence-electron chi connectivity index (χ1n) is 8.85. The van der Waals surface area contributed by atoms with Crippen LogP contribution in [0.1, 0.15) is 58.8 Å². The zero-order valence-electron chi connectivity index (χ0n) is 14.1. The minimum absolute atomic E-state index is 0. The second kappa shape index (κ2) is 5.11. The van der Waals surface area contributed by atoms with Crippen molar-refractivity contribution < 1.29 is 4.79 Å². The van der Waals surface area contributed by atoms with Gasteiger partial charge < -0.3 is 10.6 Å². The topological polar surface area (TPSA) is 46.3 Å². The molecule has 4 heteroatoms. The van der Waals surface area contributed by atoms with Gasteiger partial charge in [-0.1, -0.05) is 13.8 Å². The van der Waals surface area contributed by atoms with E-state index in [0.29, 0.717) is 22.7 Å². The maximum absolute atomic E-state index is 13.3. The third kappa shape index (κ3) is 2.39. The van der Waals surface area contributed by atoms with Crippen molar-refractivity contribution in [1.29, 1.82) is 0 Å². The molecule has 5 rings (SSSR count). The average Bonchev–Trinajstić information content (AvgIpc) is 2.81. The molecule has 3 unspecified atom stereocenters. The van der Waals surface area contributed by atoms with Crippen LogP contribution in [0.25, 0.3) is 0 Å². The molecule has 0 aromatic carbocycles. The minimum atomic E-state index is -0.0214. The van der Waals surface area contributed by atoms with E-state index in [-0.39, 0.29) is 17.8 Å². The second-order valence-corrected chi connectivity index (χ2v) is 9.55. The van der Waals surface area contributed by atoms with Crippen LogP contribution in [0.3, 0.4) is 0 Å². The van der Waals surface area contributed by atoms with E-state index in [1.54, 1.807) is 0 Å². The molecule has 1 amide bonds. The van der Waals surface area contributed by atoms with E-state index in [9.17, 15) is 4.79 Å². The average molecular weight is 327 g/mol. The summed E-state index contributed by atoms with van der Waals surface area (Å²) in [5, 5.41) is 0. The van der Waals surface area contributed by atoms with Gasteiger partial charge in [-0.3, -0.25) is 4.79 Å². The summed E-state index contributed by atoms with van der Waals surface area (Å²) in [5.74, 6) is 1.82. The Bertz CT molecular complexity index is 462. The summed E-state index contributed by atoms with van der Waals surface area (Å²) in [7, 11) is 0. The zero-order valence-corrected chi connectivity index (χ0v) is 14.9. The van der Waals surface area contributed by atoms with Crippen molar-refractivity contribution >= 4 is 18.3 Å². The Kier molecular flexibility index (Phi) is 3.85. The van der Waals surface area contributed by atoms with E-state index < -0.39 is 0 Å². The Balaban J connectivity index is 0.00000144. The van der Waals surface area contributed by atoms with Gasteiger partial charge in [0.1, 0.15) is 0 Å². The highest BCUT2D eigenvalue weighted by Gasteiger charge is 2.63. The first-order chi connectivity index (χ1) is 9.85. The summed E-state index contributed by atoms with van der Waals surface area (Å²) in [6, 6.07) is 0. The van der Waals surface area contributed by atoms with E-state index >= 15 is 0 Å². The van der Waals surface area contributed by atoms with Crippen LogP contribution < -0.4 is 5.73 Å². The molecule has 5 aliphatic rings. The van der Waals surface area contributed by atoms with Crippen LogP contribution >= 0.6 is 12.4 Å². The van der Waals surface area contributed by atoms with E-state index in [1.165, 1.54) is 25.7 Å². The SMILES string of the molecule is CC12CC3CC(C)(C1)CC(C(=O)N1CCC(CN)C1)(C3)C2.Cl. The molecule has 2 N–H and O–H groups in total. The van der Waals surface area contributed by atoms with Gasteiger partial charge in [-0.05, 0) is 74.2 Å². The molecule has 4 aliphatic carbocycles. The van der Waals surface area contributed by atoms with Crippen molar-refractivity contribution in [3.8, 4) is 0 Å². The predicted octanol–water partition coefficient (Wildman–Crippen LogP) is 3.21. The molecule has 1 aliphatic heterocycles. The fraction of sp³-hybridized carbons (Fsp3) is 0.944. The molecule has 1 heterocycles. The van der Waals surface area contributed by atoms with Crippen molar-refractivity contribution in [2.45, 2.75) is 58.8 Å². The largest absolute Gasteiger partial charge is 0.342 e. The zero-order chi connectivity index (χ0) is 14.9. The van der Waals surface area contributed by atoms with Crippen molar-refractivity contribution in [2.24, 2.45) is 33.8 Å².